The maximum Gasteiger partial charge on any atom is 0.128 e. The van der Waals surface area contributed by atoms with Gasteiger partial charge in [-0.15, -0.1) is 0 Å². The molecule has 0 bridgehead atoms. The first-order chi connectivity index (χ1) is 13.7. The topological polar surface area (TPSA) is 9.23 Å². The highest BCUT2D eigenvalue weighted by Gasteiger charge is 2.47. The van der Waals surface area contributed by atoms with Crippen molar-refractivity contribution in [1.29, 1.82) is 0 Å². The molecule has 0 amide bonds. The molecule has 160 valence electrons. The summed E-state index contributed by atoms with van der Waals surface area (Å²) in [5.41, 5.74) is 3.05. The van der Waals surface area contributed by atoms with E-state index in [0.29, 0.717) is 11.8 Å². The molecular weight excluding hydrogens is 354 g/mol. The van der Waals surface area contributed by atoms with Gasteiger partial charge in [-0.3, -0.25) is 0 Å². The van der Waals surface area contributed by atoms with Crippen molar-refractivity contribution in [2.45, 2.75) is 59.4 Å². The van der Waals surface area contributed by atoms with Gasteiger partial charge in [0.25, 0.3) is 0 Å². The zero-order valence-corrected chi connectivity index (χ0v) is 19.7. The van der Waals surface area contributed by atoms with Crippen LogP contribution in [0.1, 0.15) is 58.6 Å². The number of quaternary nitrogens is 1. The lowest BCUT2D eigenvalue weighted by Gasteiger charge is -2.50. The largest absolute Gasteiger partial charge is 0.493 e. The second-order valence-corrected chi connectivity index (χ2v) is 9.80. The van der Waals surface area contributed by atoms with Gasteiger partial charge >= 0.3 is 0 Å². The number of ether oxygens (including phenoxy) is 1. The van der Waals surface area contributed by atoms with E-state index in [1.165, 1.54) is 11.1 Å². The van der Waals surface area contributed by atoms with Crippen LogP contribution in [0.5, 0.6) is 5.75 Å². The lowest BCUT2D eigenvalue weighted by Crippen LogP contribution is -2.58. The number of benzene rings is 2. The van der Waals surface area contributed by atoms with Gasteiger partial charge in [-0.2, -0.15) is 0 Å². The molecule has 0 spiro atoms. The third kappa shape index (κ3) is 5.85. The second kappa shape index (κ2) is 10.3. The maximum atomic E-state index is 6.22. The Morgan fingerprint density at radius 1 is 0.862 bits per heavy atom. The van der Waals surface area contributed by atoms with E-state index in [-0.39, 0.29) is 5.54 Å². The molecule has 2 rings (SSSR count). The molecule has 2 aromatic rings. The predicted molar refractivity (Wildman–Crippen MR) is 125 cm³/mol. The molecule has 0 fully saturated rings. The molecular formula is C27H42NO+. The Morgan fingerprint density at radius 2 is 1.48 bits per heavy atom. The molecule has 1 unspecified atom stereocenters. The third-order valence-electron chi connectivity index (χ3n) is 6.37. The fourth-order valence-electron chi connectivity index (χ4n) is 4.65. The number of para-hydroxylation sites is 1. The molecule has 29 heavy (non-hydrogen) atoms. The fraction of sp³-hybridized carbons (Fsp3) is 0.556. The van der Waals surface area contributed by atoms with E-state index in [9.17, 15) is 0 Å². The average molecular weight is 397 g/mol. The molecule has 0 aliphatic carbocycles. The first kappa shape index (κ1) is 23.5. The SMILES string of the molecule is CC[N+](C)(C)C(CCOc1ccccc1)(CC(C)C)c1ccccc1CC(C)C. The summed E-state index contributed by atoms with van der Waals surface area (Å²) in [4.78, 5) is 0. The summed E-state index contributed by atoms with van der Waals surface area (Å²) < 4.78 is 7.19. The van der Waals surface area contributed by atoms with E-state index in [1.54, 1.807) is 0 Å². The number of hydrogen-bond donors (Lipinski definition) is 0. The van der Waals surface area contributed by atoms with E-state index >= 15 is 0 Å². The van der Waals surface area contributed by atoms with Gasteiger partial charge in [0.15, 0.2) is 0 Å². The van der Waals surface area contributed by atoms with Gasteiger partial charge in [-0.1, -0.05) is 70.2 Å². The van der Waals surface area contributed by atoms with Crippen molar-refractivity contribution in [2.24, 2.45) is 11.8 Å². The minimum Gasteiger partial charge on any atom is -0.493 e. The first-order valence-corrected chi connectivity index (χ1v) is 11.3. The lowest BCUT2D eigenvalue weighted by molar-refractivity contribution is -0.950. The minimum atomic E-state index is 0.0309. The van der Waals surface area contributed by atoms with Crippen LogP contribution in [0.25, 0.3) is 0 Å². The van der Waals surface area contributed by atoms with Crippen LogP contribution in [-0.2, 0) is 12.0 Å². The predicted octanol–water partition coefficient (Wildman–Crippen LogP) is 6.69. The van der Waals surface area contributed by atoms with Crippen molar-refractivity contribution in [1.82, 2.24) is 0 Å². The van der Waals surface area contributed by atoms with E-state index < -0.39 is 0 Å². The van der Waals surface area contributed by atoms with Gasteiger partial charge in [0, 0.05) is 18.4 Å². The van der Waals surface area contributed by atoms with Crippen molar-refractivity contribution < 1.29 is 9.22 Å². The Kier molecular flexibility index (Phi) is 8.34. The average Bonchev–Trinajstić information content (AvgIpc) is 2.67. The van der Waals surface area contributed by atoms with Crippen LogP contribution in [0.3, 0.4) is 0 Å². The first-order valence-electron chi connectivity index (χ1n) is 11.3. The van der Waals surface area contributed by atoms with Crippen molar-refractivity contribution in [2.75, 3.05) is 27.2 Å². The van der Waals surface area contributed by atoms with Crippen LogP contribution in [0.2, 0.25) is 0 Å². The molecule has 0 aliphatic rings. The number of nitrogens with zero attached hydrogens (tertiary/aromatic N) is 1. The number of hydrogen-bond acceptors (Lipinski definition) is 1. The van der Waals surface area contributed by atoms with Gasteiger partial charge in [0.1, 0.15) is 11.3 Å². The van der Waals surface area contributed by atoms with Crippen LogP contribution >= 0.6 is 0 Å². The molecule has 0 aliphatic heterocycles. The summed E-state index contributed by atoms with van der Waals surface area (Å²) in [5.74, 6) is 2.22. The summed E-state index contributed by atoms with van der Waals surface area (Å²) in [7, 11) is 4.80. The summed E-state index contributed by atoms with van der Waals surface area (Å²) in [6.45, 7) is 13.5. The van der Waals surface area contributed by atoms with E-state index in [1.807, 2.05) is 18.2 Å². The molecule has 0 heterocycles. The van der Waals surface area contributed by atoms with Crippen molar-refractivity contribution >= 4 is 0 Å². The van der Waals surface area contributed by atoms with E-state index in [4.69, 9.17) is 4.74 Å². The summed E-state index contributed by atoms with van der Waals surface area (Å²) in [5, 5.41) is 0. The van der Waals surface area contributed by atoms with Crippen molar-refractivity contribution in [3.8, 4) is 5.75 Å². The summed E-state index contributed by atoms with van der Waals surface area (Å²) >= 11 is 0. The lowest BCUT2D eigenvalue weighted by atomic mass is 9.74. The molecule has 0 aromatic heterocycles. The zero-order chi connectivity index (χ0) is 21.5. The smallest absolute Gasteiger partial charge is 0.128 e. The Hall–Kier alpha value is -1.80. The van der Waals surface area contributed by atoms with E-state index in [2.05, 4.69) is 85.1 Å². The monoisotopic (exact) mass is 396 g/mol. The van der Waals surface area contributed by atoms with E-state index in [0.717, 1.165) is 42.6 Å². The Bertz CT molecular complexity index is 735. The van der Waals surface area contributed by atoms with Crippen LogP contribution < -0.4 is 4.74 Å². The van der Waals surface area contributed by atoms with Crippen LogP contribution in [0.4, 0.5) is 0 Å². The molecule has 0 saturated heterocycles. The van der Waals surface area contributed by atoms with Gasteiger partial charge in [-0.05, 0) is 42.9 Å². The third-order valence-corrected chi connectivity index (χ3v) is 6.37. The molecule has 2 nitrogen and oxygen atoms in total. The summed E-state index contributed by atoms with van der Waals surface area (Å²) in [6.07, 6.45) is 3.29. The minimum absolute atomic E-state index is 0.0309. The normalized spacial score (nSPS) is 14.2. The molecule has 0 N–H and O–H groups in total. The highest BCUT2D eigenvalue weighted by atomic mass is 16.5. The Morgan fingerprint density at radius 3 is 2.07 bits per heavy atom. The van der Waals surface area contributed by atoms with Gasteiger partial charge in [-0.25, -0.2) is 0 Å². The fourth-order valence-corrected chi connectivity index (χ4v) is 4.65. The molecule has 2 heteroatoms. The zero-order valence-electron chi connectivity index (χ0n) is 19.7. The maximum absolute atomic E-state index is 6.22. The number of rotatable bonds is 11. The van der Waals surface area contributed by atoms with Crippen LogP contribution in [-0.4, -0.2) is 31.7 Å². The Labute approximate surface area is 179 Å². The Balaban J connectivity index is 2.48. The summed E-state index contributed by atoms with van der Waals surface area (Å²) in [6, 6.07) is 19.4. The van der Waals surface area contributed by atoms with Crippen molar-refractivity contribution in [3.05, 3.63) is 65.7 Å². The van der Waals surface area contributed by atoms with Gasteiger partial charge in [0.05, 0.1) is 27.2 Å². The molecule has 1 atom stereocenters. The molecule has 0 saturated carbocycles. The standard InChI is InChI=1S/C27H42NO/c1-8-28(6,7)27(21-23(4)5,18-19-29-25-15-10-9-11-16-25)26-17-13-12-14-24(26)20-22(2)3/h9-17,22-23H,8,18-21H2,1-7H3/q+1. The van der Waals surface area contributed by atoms with Crippen LogP contribution in [0, 0.1) is 11.8 Å². The second-order valence-electron chi connectivity index (χ2n) is 9.80. The molecule has 0 radical (unpaired) electrons. The quantitative estimate of drug-likeness (QED) is 0.384. The molecule has 2 aromatic carbocycles. The van der Waals surface area contributed by atoms with Crippen molar-refractivity contribution in [3.63, 3.8) is 0 Å². The van der Waals surface area contributed by atoms with Gasteiger partial charge < -0.3 is 9.22 Å². The highest BCUT2D eigenvalue weighted by Crippen LogP contribution is 2.43. The van der Waals surface area contributed by atoms with Gasteiger partial charge in [0.2, 0.25) is 0 Å². The highest BCUT2D eigenvalue weighted by molar-refractivity contribution is 5.33. The van der Waals surface area contributed by atoms with Crippen LogP contribution in [0.15, 0.2) is 54.6 Å².